The van der Waals surface area contributed by atoms with Gasteiger partial charge in [0.25, 0.3) is 0 Å². The zero-order valence-electron chi connectivity index (χ0n) is 36.5. The van der Waals surface area contributed by atoms with Gasteiger partial charge < -0.3 is 47.5 Å². The van der Waals surface area contributed by atoms with Gasteiger partial charge in [-0.05, 0) is 84.7 Å². The highest BCUT2D eigenvalue weighted by molar-refractivity contribution is 5.92. The zero-order valence-corrected chi connectivity index (χ0v) is 36.5. The lowest BCUT2D eigenvalue weighted by Gasteiger charge is -2.48. The molecule has 4 bridgehead atoms. The molecule has 5 heterocycles. The summed E-state index contributed by atoms with van der Waals surface area (Å²) in [4.78, 5) is 53.1. The van der Waals surface area contributed by atoms with Gasteiger partial charge in [0.05, 0.1) is 61.5 Å². The highest BCUT2D eigenvalue weighted by Crippen LogP contribution is 2.45. The van der Waals surface area contributed by atoms with Crippen LogP contribution in [0.3, 0.4) is 0 Å². The topological polar surface area (TPSA) is 158 Å². The van der Waals surface area contributed by atoms with E-state index in [1.807, 2.05) is 95.6 Å². The monoisotopic (exact) mass is 824 g/mol. The summed E-state index contributed by atoms with van der Waals surface area (Å²) in [5.41, 5.74) is -0.164. The molecule has 6 rings (SSSR count). The Morgan fingerprint density at radius 2 is 1.83 bits per heavy atom. The Balaban J connectivity index is 1.40. The fourth-order valence-electron chi connectivity index (χ4n) is 9.67. The molecule has 15 heteroatoms. The molecule has 4 saturated heterocycles. The van der Waals surface area contributed by atoms with Gasteiger partial charge in [-0.1, -0.05) is 45.0 Å². The van der Waals surface area contributed by atoms with Crippen LogP contribution in [0.1, 0.15) is 87.1 Å². The summed E-state index contributed by atoms with van der Waals surface area (Å²) in [7, 11) is 3.88. The fraction of sp³-hybridized carbons (Fsp3) is 0.705. The molecular weight excluding hydrogens is 761 g/mol. The molecule has 1 aromatic heterocycles. The molecule has 326 valence electrons. The molecule has 2 aromatic rings. The van der Waals surface area contributed by atoms with Gasteiger partial charge in [0.2, 0.25) is 0 Å². The number of benzene rings is 1. The van der Waals surface area contributed by atoms with Gasteiger partial charge in [-0.2, -0.15) is 0 Å². The molecule has 0 spiro atoms. The average Bonchev–Trinajstić information content (AvgIpc) is 3.82. The van der Waals surface area contributed by atoms with Crippen LogP contribution < -0.4 is 0 Å². The summed E-state index contributed by atoms with van der Waals surface area (Å²) in [5, 5.41) is 4.54. The number of nitrogens with zero attached hydrogens (tertiary/aromatic N) is 4. The Hall–Kier alpha value is -3.73. The molecule has 4 aliphatic rings. The summed E-state index contributed by atoms with van der Waals surface area (Å²) >= 11 is 0. The van der Waals surface area contributed by atoms with Gasteiger partial charge >= 0.3 is 11.9 Å². The third kappa shape index (κ3) is 9.60. The molecular formula is C44H64N4O11. The van der Waals surface area contributed by atoms with E-state index in [1.165, 1.54) is 6.92 Å². The predicted molar refractivity (Wildman–Crippen MR) is 216 cm³/mol. The van der Waals surface area contributed by atoms with E-state index < -0.39 is 77.7 Å². The molecule has 0 saturated carbocycles. The molecule has 14 atom stereocenters. The third-order valence-corrected chi connectivity index (χ3v) is 12.8. The van der Waals surface area contributed by atoms with Crippen LogP contribution in [0, 0.1) is 23.7 Å². The van der Waals surface area contributed by atoms with Crippen molar-refractivity contribution >= 4 is 23.4 Å². The van der Waals surface area contributed by atoms with Crippen LogP contribution in [0.2, 0.25) is 0 Å². The number of ketones is 1. The standard InChI is InChI=1S/C44H64N4O11/c1-12-35-44(9)39(50)27(4)36(59-44)25(2)20-43(8)40(58-42-38(56-30(7)49)34(47(10)11)18-26(3)55-42)28(5)37(29(6)41(51)57-35)52-22-32(23-53-43)46-54-21-31-14-13-15-33(19-31)48-17-16-45-24-48/h13-17,19,24-29,34-38,40,42H,12,18,20-23H2,1-11H3/b46-32+/t25-,26-,27?,28-,29-,34+,35-,36?,37+,38-,40-,42+,43+,44?/m1/s1. The minimum Gasteiger partial charge on any atom is -0.459 e. The van der Waals surface area contributed by atoms with E-state index in [0.29, 0.717) is 25.0 Å². The fourth-order valence-corrected chi connectivity index (χ4v) is 9.67. The smallest absolute Gasteiger partial charge is 0.311 e. The molecule has 0 N–H and O–H groups in total. The van der Waals surface area contributed by atoms with Crippen LogP contribution in [0.5, 0.6) is 0 Å². The maximum absolute atomic E-state index is 14.3. The van der Waals surface area contributed by atoms with E-state index in [-0.39, 0.29) is 43.7 Å². The van der Waals surface area contributed by atoms with Crippen molar-refractivity contribution < 1.29 is 52.4 Å². The molecule has 0 radical (unpaired) electrons. The van der Waals surface area contributed by atoms with Gasteiger partial charge in [0, 0.05) is 36.8 Å². The number of carbonyl (C=O) groups excluding carboxylic acids is 3. The van der Waals surface area contributed by atoms with Crippen molar-refractivity contribution in [1.82, 2.24) is 14.5 Å². The van der Waals surface area contributed by atoms with E-state index in [2.05, 4.69) is 10.1 Å². The number of Topliss-reactive ketones (excluding diaryl/α,β-unsaturated/α-hetero) is 1. The largest absolute Gasteiger partial charge is 0.459 e. The van der Waals surface area contributed by atoms with E-state index in [9.17, 15) is 14.4 Å². The van der Waals surface area contributed by atoms with Crippen LogP contribution in [0.25, 0.3) is 5.69 Å². The van der Waals surface area contributed by atoms with Crippen molar-refractivity contribution in [3.8, 4) is 5.69 Å². The van der Waals surface area contributed by atoms with Crippen molar-refractivity contribution in [3.63, 3.8) is 0 Å². The first-order valence-electron chi connectivity index (χ1n) is 21.0. The highest BCUT2D eigenvalue weighted by Gasteiger charge is 2.59. The normalized spacial score (nSPS) is 39.0. The minimum atomic E-state index is -1.33. The molecule has 1 aromatic carbocycles. The van der Waals surface area contributed by atoms with E-state index in [4.69, 9.17) is 38.0 Å². The van der Waals surface area contributed by atoms with Crippen LogP contribution >= 0.6 is 0 Å². The van der Waals surface area contributed by atoms with E-state index in [0.717, 1.165) is 11.3 Å². The maximum Gasteiger partial charge on any atom is 0.311 e. The maximum atomic E-state index is 14.3. The van der Waals surface area contributed by atoms with Crippen LogP contribution in [-0.4, -0.2) is 125 Å². The number of likely N-dealkylation sites (N-methyl/N-ethyl adjacent to an activating group) is 1. The second kappa shape index (κ2) is 18.5. The van der Waals surface area contributed by atoms with Crippen molar-refractivity contribution in [2.75, 3.05) is 27.3 Å². The minimum absolute atomic E-state index is 0.00167. The zero-order chi connectivity index (χ0) is 42.8. The van der Waals surface area contributed by atoms with Crippen molar-refractivity contribution in [2.24, 2.45) is 28.8 Å². The van der Waals surface area contributed by atoms with Crippen molar-refractivity contribution in [1.29, 1.82) is 0 Å². The summed E-state index contributed by atoms with van der Waals surface area (Å²) in [6.07, 6.45) is 1.76. The number of cyclic esters (lactones) is 1. The molecule has 0 aliphatic carbocycles. The Bertz CT molecular complexity index is 1810. The Kier molecular flexibility index (Phi) is 14.0. The van der Waals surface area contributed by atoms with E-state index >= 15 is 0 Å². The van der Waals surface area contributed by atoms with Crippen molar-refractivity contribution in [2.45, 2.75) is 148 Å². The van der Waals surface area contributed by atoms with Gasteiger partial charge in [-0.25, -0.2) is 4.98 Å². The summed E-state index contributed by atoms with van der Waals surface area (Å²) in [6, 6.07) is 7.67. The highest BCUT2D eigenvalue weighted by atomic mass is 16.7. The van der Waals surface area contributed by atoms with Gasteiger partial charge in [-0.15, -0.1) is 0 Å². The number of hydrogen-bond donors (Lipinski definition) is 0. The Morgan fingerprint density at radius 3 is 2.51 bits per heavy atom. The molecule has 3 unspecified atom stereocenters. The number of imidazole rings is 1. The quantitative estimate of drug-likeness (QED) is 0.237. The third-order valence-electron chi connectivity index (χ3n) is 12.8. The average molecular weight is 825 g/mol. The number of hydrogen-bond acceptors (Lipinski definition) is 14. The van der Waals surface area contributed by atoms with Gasteiger partial charge in [0.1, 0.15) is 18.4 Å². The van der Waals surface area contributed by atoms with Crippen LogP contribution in [0.4, 0.5) is 0 Å². The van der Waals surface area contributed by atoms with Crippen LogP contribution in [-0.2, 0) is 59.0 Å². The lowest BCUT2D eigenvalue weighted by Crippen LogP contribution is -2.60. The molecule has 4 fully saturated rings. The van der Waals surface area contributed by atoms with Gasteiger partial charge in [-0.3, -0.25) is 14.4 Å². The first-order valence-corrected chi connectivity index (χ1v) is 21.0. The molecule has 59 heavy (non-hydrogen) atoms. The number of fused-ring (bicyclic) bond motifs is 5. The predicted octanol–water partition coefficient (Wildman–Crippen LogP) is 5.30. The number of aromatic nitrogens is 2. The summed E-state index contributed by atoms with van der Waals surface area (Å²) in [6.45, 7) is 16.8. The number of ether oxygens (including phenoxy) is 7. The second-order valence-corrected chi connectivity index (χ2v) is 17.7. The number of rotatable bonds is 9. The second-order valence-electron chi connectivity index (χ2n) is 17.7. The van der Waals surface area contributed by atoms with Crippen molar-refractivity contribution in [3.05, 3.63) is 48.5 Å². The SMILES string of the molecule is CC[C@H]1OC(=O)[C@H](C)[C@H]2OC/C(=N\OCc3cccc(-n4ccnc4)c3)CO[C@@](C)(C[C@@H](C)C3OC1(C)C(=O)C3C)[C@H](O[C@@H]1O[C@H](C)C[C@H](N(C)C)[C@H]1OC(C)=O)[C@@H]2C. The Labute approximate surface area is 348 Å². The Morgan fingerprint density at radius 1 is 1.07 bits per heavy atom. The number of esters is 2. The van der Waals surface area contributed by atoms with Gasteiger partial charge in [0.15, 0.2) is 23.8 Å². The first-order chi connectivity index (χ1) is 27.9. The van der Waals surface area contributed by atoms with Crippen LogP contribution in [0.15, 0.2) is 48.1 Å². The molecule has 0 amide bonds. The lowest BCUT2D eigenvalue weighted by atomic mass is 9.75. The lowest BCUT2D eigenvalue weighted by molar-refractivity contribution is -0.305. The van der Waals surface area contributed by atoms with E-state index in [1.54, 1.807) is 26.4 Å². The number of oxime groups is 1. The summed E-state index contributed by atoms with van der Waals surface area (Å²) < 4.78 is 48.2. The number of carbonyl (C=O) groups is 3. The summed E-state index contributed by atoms with van der Waals surface area (Å²) in [5.74, 6) is -3.18. The molecule has 15 nitrogen and oxygen atoms in total. The molecule has 4 aliphatic heterocycles. The first kappa shape index (κ1) is 44.8.